The molecule has 2 N–H and O–H groups in total. The Bertz CT molecular complexity index is 1320. The third-order valence-electron chi connectivity index (χ3n) is 4.80. The minimum Gasteiger partial charge on any atom is -0.379 e. The highest BCUT2D eigenvalue weighted by molar-refractivity contribution is 7.94. The maximum atomic E-state index is 13.0. The molecule has 4 rings (SSSR count). The predicted octanol–water partition coefficient (Wildman–Crippen LogP) is 4.46. The Morgan fingerprint density at radius 3 is 2.38 bits per heavy atom. The quantitative estimate of drug-likeness (QED) is 0.444. The molecule has 1 saturated heterocycles. The van der Waals surface area contributed by atoms with Crippen LogP contribution in [-0.2, 0) is 25.7 Å². The molecule has 1 amide bonds. The van der Waals surface area contributed by atoms with Gasteiger partial charge in [-0.15, -0.1) is 11.3 Å². The normalized spacial score (nSPS) is 15.6. The van der Waals surface area contributed by atoms with E-state index in [-0.39, 0.29) is 20.5 Å². The highest BCUT2D eigenvalue weighted by Crippen LogP contribution is 2.29. The zero-order valence-corrected chi connectivity index (χ0v) is 21.5. The number of hydrogen-bond acceptors (Lipinski definition) is 6. The van der Waals surface area contributed by atoms with Gasteiger partial charge in [0.2, 0.25) is 0 Å². The molecular weight excluding hydrogens is 541 g/mol. The van der Waals surface area contributed by atoms with E-state index in [1.165, 1.54) is 30.3 Å². The van der Waals surface area contributed by atoms with Crippen molar-refractivity contribution in [3.63, 3.8) is 0 Å². The van der Waals surface area contributed by atoms with E-state index in [1.807, 2.05) is 4.31 Å². The molecule has 1 aliphatic rings. The number of sulfonamides is 1. The SMILES string of the molecule is O=C(Nc1ccc(S(=O)N2CCOCC2)cc1)c1cc(Cl)ccc1NS(=O)(=O)c1ccc(Cl)s1. The molecule has 1 aliphatic heterocycles. The fraction of sp³-hybridized carbons (Fsp3) is 0.190. The van der Waals surface area contributed by atoms with Gasteiger partial charge < -0.3 is 10.1 Å². The van der Waals surface area contributed by atoms with Crippen molar-refractivity contribution >= 4 is 72.8 Å². The third kappa shape index (κ3) is 5.98. The van der Waals surface area contributed by atoms with E-state index in [1.54, 1.807) is 24.3 Å². The van der Waals surface area contributed by atoms with Gasteiger partial charge in [-0.2, -0.15) is 0 Å². The summed E-state index contributed by atoms with van der Waals surface area (Å²) >= 11 is 12.8. The average molecular weight is 561 g/mol. The van der Waals surface area contributed by atoms with E-state index in [4.69, 9.17) is 27.9 Å². The first-order chi connectivity index (χ1) is 16.2. The van der Waals surface area contributed by atoms with E-state index in [2.05, 4.69) is 10.0 Å². The van der Waals surface area contributed by atoms with E-state index >= 15 is 0 Å². The smallest absolute Gasteiger partial charge is 0.271 e. The topological polar surface area (TPSA) is 105 Å². The van der Waals surface area contributed by atoms with Gasteiger partial charge in [0.1, 0.15) is 15.2 Å². The van der Waals surface area contributed by atoms with Crippen molar-refractivity contribution in [2.45, 2.75) is 9.10 Å². The third-order valence-corrected chi connectivity index (χ3v) is 9.64. The van der Waals surface area contributed by atoms with Crippen LogP contribution in [0.15, 0.2) is 63.7 Å². The van der Waals surface area contributed by atoms with Crippen molar-refractivity contribution < 1.29 is 22.2 Å². The lowest BCUT2D eigenvalue weighted by Gasteiger charge is -2.25. The molecule has 3 aromatic rings. The molecule has 0 spiro atoms. The molecule has 1 fully saturated rings. The second-order valence-corrected chi connectivity index (χ2v) is 12.7. The number of amides is 1. The van der Waals surface area contributed by atoms with Crippen LogP contribution in [0.4, 0.5) is 11.4 Å². The first-order valence-corrected chi connectivity index (χ1v) is 14.1. The molecule has 2 aromatic carbocycles. The molecule has 8 nitrogen and oxygen atoms in total. The highest BCUT2D eigenvalue weighted by Gasteiger charge is 2.22. The van der Waals surface area contributed by atoms with E-state index in [0.717, 1.165) is 11.3 Å². The average Bonchev–Trinajstić information content (AvgIpc) is 3.28. The van der Waals surface area contributed by atoms with E-state index < -0.39 is 26.9 Å². The summed E-state index contributed by atoms with van der Waals surface area (Å²) < 4.78 is 48.0. The van der Waals surface area contributed by atoms with Gasteiger partial charge in [-0.05, 0) is 54.6 Å². The number of carbonyl (C=O) groups excluding carboxylic acids is 1. The number of carbonyl (C=O) groups is 1. The second-order valence-electron chi connectivity index (χ2n) is 7.12. The predicted molar refractivity (Wildman–Crippen MR) is 135 cm³/mol. The lowest BCUT2D eigenvalue weighted by molar-refractivity contribution is 0.0752. The number of hydrogen-bond donors (Lipinski definition) is 2. The van der Waals surface area contributed by atoms with Gasteiger partial charge in [-0.25, -0.2) is 16.9 Å². The van der Waals surface area contributed by atoms with Crippen LogP contribution < -0.4 is 10.0 Å². The van der Waals surface area contributed by atoms with Gasteiger partial charge in [0.25, 0.3) is 15.9 Å². The van der Waals surface area contributed by atoms with Gasteiger partial charge in [0, 0.05) is 23.8 Å². The fourth-order valence-corrected chi connectivity index (χ4v) is 7.03. The zero-order valence-electron chi connectivity index (χ0n) is 17.5. The number of anilines is 2. The Hall–Kier alpha value is -1.99. The van der Waals surface area contributed by atoms with Crippen LogP contribution in [0.2, 0.25) is 9.36 Å². The van der Waals surface area contributed by atoms with Gasteiger partial charge in [-0.1, -0.05) is 23.2 Å². The Labute approximate surface area is 213 Å². The summed E-state index contributed by atoms with van der Waals surface area (Å²) in [6, 6.07) is 13.7. The summed E-state index contributed by atoms with van der Waals surface area (Å²) in [7, 11) is -5.27. The summed E-state index contributed by atoms with van der Waals surface area (Å²) in [6.45, 7) is 2.22. The molecule has 180 valence electrons. The van der Waals surface area contributed by atoms with E-state index in [0.29, 0.717) is 41.2 Å². The minimum absolute atomic E-state index is 0.0164. The van der Waals surface area contributed by atoms with Gasteiger partial charge in [-0.3, -0.25) is 9.52 Å². The van der Waals surface area contributed by atoms with Gasteiger partial charge in [0.05, 0.1) is 33.7 Å². The first kappa shape index (κ1) is 25.1. The number of benzene rings is 2. The monoisotopic (exact) mass is 559 g/mol. The van der Waals surface area contributed by atoms with Crippen molar-refractivity contribution in [3.8, 4) is 0 Å². The molecule has 0 aliphatic carbocycles. The molecule has 34 heavy (non-hydrogen) atoms. The molecule has 1 aromatic heterocycles. The largest absolute Gasteiger partial charge is 0.379 e. The second kappa shape index (κ2) is 10.7. The lowest BCUT2D eigenvalue weighted by Crippen LogP contribution is -2.37. The molecular formula is C21H19Cl2N3O5S3. The number of nitrogens with one attached hydrogen (secondary N) is 2. The van der Waals surface area contributed by atoms with Crippen LogP contribution in [0, 0.1) is 0 Å². The lowest BCUT2D eigenvalue weighted by atomic mass is 10.1. The molecule has 1 atom stereocenters. The van der Waals surface area contributed by atoms with Crippen molar-refractivity contribution in [1.29, 1.82) is 0 Å². The summed E-state index contributed by atoms with van der Waals surface area (Å²) in [5, 5.41) is 2.98. The summed E-state index contributed by atoms with van der Waals surface area (Å²) in [5.74, 6) is -0.563. The number of rotatable bonds is 7. The maximum Gasteiger partial charge on any atom is 0.271 e. The number of halogens is 2. The number of ether oxygens (including phenoxy) is 1. The van der Waals surface area contributed by atoms with Crippen LogP contribution in [0.25, 0.3) is 0 Å². The number of morpholine rings is 1. The molecule has 0 bridgehead atoms. The Morgan fingerprint density at radius 2 is 1.74 bits per heavy atom. The van der Waals surface area contributed by atoms with Gasteiger partial charge in [0.15, 0.2) is 0 Å². The number of thiophene rings is 1. The van der Waals surface area contributed by atoms with Crippen LogP contribution in [0.5, 0.6) is 0 Å². The maximum absolute atomic E-state index is 13.0. The molecule has 1 unspecified atom stereocenters. The zero-order chi connectivity index (χ0) is 24.3. The number of nitrogens with zero attached hydrogens (tertiary/aromatic N) is 1. The fourth-order valence-electron chi connectivity index (χ4n) is 3.15. The Balaban J connectivity index is 1.51. The molecule has 13 heteroatoms. The van der Waals surface area contributed by atoms with Crippen molar-refractivity contribution in [2.75, 3.05) is 36.3 Å². The summed E-state index contributed by atoms with van der Waals surface area (Å²) in [5.41, 5.74) is 0.558. The Kier molecular flexibility index (Phi) is 7.93. The van der Waals surface area contributed by atoms with Gasteiger partial charge >= 0.3 is 0 Å². The van der Waals surface area contributed by atoms with Crippen molar-refractivity contribution in [2.24, 2.45) is 0 Å². The standard InChI is InChI=1S/C21H19Cl2N3O5S3/c22-14-1-6-18(25-34(29,30)20-8-7-19(23)32-20)17(13-14)21(27)24-15-2-4-16(5-3-15)33(28)26-9-11-31-12-10-26/h1-8,13,25H,9-12H2,(H,24,27). The summed E-state index contributed by atoms with van der Waals surface area (Å²) in [4.78, 5) is 13.6. The minimum atomic E-state index is -3.95. The van der Waals surface area contributed by atoms with Crippen LogP contribution in [0.1, 0.15) is 10.4 Å². The van der Waals surface area contributed by atoms with E-state index in [9.17, 15) is 17.4 Å². The summed E-state index contributed by atoms with van der Waals surface area (Å²) in [6.07, 6.45) is 0. The molecule has 2 heterocycles. The highest BCUT2D eigenvalue weighted by atomic mass is 35.5. The van der Waals surface area contributed by atoms with Crippen LogP contribution in [-0.4, -0.2) is 49.1 Å². The first-order valence-electron chi connectivity index (χ1n) is 9.97. The van der Waals surface area contributed by atoms with Crippen molar-refractivity contribution in [1.82, 2.24) is 4.31 Å². The van der Waals surface area contributed by atoms with Crippen LogP contribution in [0.3, 0.4) is 0 Å². The molecule has 0 radical (unpaired) electrons. The molecule has 0 saturated carbocycles. The Morgan fingerprint density at radius 1 is 1.03 bits per heavy atom. The van der Waals surface area contributed by atoms with Crippen LogP contribution >= 0.6 is 34.5 Å². The van der Waals surface area contributed by atoms with Crippen molar-refractivity contribution in [3.05, 3.63) is 69.5 Å².